The average Bonchev–Trinajstić information content (AvgIpc) is 3.20. The van der Waals surface area contributed by atoms with Crippen LogP contribution in [0.2, 0.25) is 10.0 Å². The van der Waals surface area contributed by atoms with Gasteiger partial charge < -0.3 is 15.1 Å². The number of hydrogen-bond donors (Lipinski definition) is 2. The highest BCUT2D eigenvalue weighted by Gasteiger charge is 2.23. The lowest BCUT2D eigenvalue weighted by molar-refractivity contribution is -0.123. The zero-order valence-electron chi connectivity index (χ0n) is 14.8. The van der Waals surface area contributed by atoms with Crippen molar-refractivity contribution in [3.63, 3.8) is 0 Å². The van der Waals surface area contributed by atoms with Crippen molar-refractivity contribution in [3.8, 4) is 0 Å². The van der Waals surface area contributed by atoms with Crippen molar-refractivity contribution in [2.45, 2.75) is 19.0 Å². The van der Waals surface area contributed by atoms with Gasteiger partial charge in [-0.1, -0.05) is 53.5 Å². The highest BCUT2D eigenvalue weighted by Crippen LogP contribution is 2.21. The van der Waals surface area contributed by atoms with E-state index in [1.807, 2.05) is 30.3 Å². The molecule has 0 aliphatic carbocycles. The minimum atomic E-state index is -0.781. The monoisotopic (exact) mass is 416 g/mol. The minimum Gasteiger partial charge on any atom is -0.467 e. The van der Waals surface area contributed by atoms with Gasteiger partial charge in [-0.2, -0.15) is 0 Å². The molecule has 0 bridgehead atoms. The standard InChI is InChI=1S/C21H18Cl2N2O3/c22-15-8-9-17(18(23)12-15)20(26)25-19(11-14-5-2-1-3-6-14)21(27)24-13-16-7-4-10-28-16/h1-10,12,19H,11,13H2,(H,24,27)(H,25,26). The number of rotatable bonds is 7. The van der Waals surface area contributed by atoms with Gasteiger partial charge in [0, 0.05) is 11.4 Å². The normalized spacial score (nSPS) is 11.6. The molecule has 144 valence electrons. The minimum absolute atomic E-state index is 0.222. The first-order chi connectivity index (χ1) is 13.5. The molecule has 2 N–H and O–H groups in total. The van der Waals surface area contributed by atoms with E-state index < -0.39 is 11.9 Å². The Hall–Kier alpha value is -2.76. The fraction of sp³-hybridized carbons (Fsp3) is 0.143. The van der Waals surface area contributed by atoms with Crippen LogP contribution in [0.3, 0.4) is 0 Å². The Morgan fingerprint density at radius 1 is 1.00 bits per heavy atom. The Morgan fingerprint density at radius 3 is 2.46 bits per heavy atom. The molecule has 5 nitrogen and oxygen atoms in total. The molecule has 2 amide bonds. The van der Waals surface area contributed by atoms with Crippen molar-refractivity contribution in [2.75, 3.05) is 0 Å². The van der Waals surface area contributed by atoms with Crippen LogP contribution in [-0.4, -0.2) is 17.9 Å². The molecular formula is C21H18Cl2N2O3. The van der Waals surface area contributed by atoms with Gasteiger partial charge in [-0.3, -0.25) is 9.59 Å². The van der Waals surface area contributed by atoms with Gasteiger partial charge in [0.2, 0.25) is 5.91 Å². The van der Waals surface area contributed by atoms with E-state index in [1.165, 1.54) is 18.4 Å². The lowest BCUT2D eigenvalue weighted by Crippen LogP contribution is -2.47. The highest BCUT2D eigenvalue weighted by atomic mass is 35.5. The second-order valence-electron chi connectivity index (χ2n) is 6.14. The van der Waals surface area contributed by atoms with Crippen LogP contribution in [0.4, 0.5) is 0 Å². The fourth-order valence-corrected chi connectivity index (χ4v) is 3.17. The topological polar surface area (TPSA) is 71.3 Å². The Balaban J connectivity index is 1.74. The maximum atomic E-state index is 12.7. The van der Waals surface area contributed by atoms with Crippen LogP contribution >= 0.6 is 23.2 Å². The van der Waals surface area contributed by atoms with Crippen LogP contribution in [0.5, 0.6) is 0 Å². The van der Waals surface area contributed by atoms with Gasteiger partial charge >= 0.3 is 0 Å². The Bertz CT molecular complexity index is 944. The molecule has 1 unspecified atom stereocenters. The lowest BCUT2D eigenvalue weighted by Gasteiger charge is -2.19. The number of hydrogen-bond acceptors (Lipinski definition) is 3. The smallest absolute Gasteiger partial charge is 0.253 e. The van der Waals surface area contributed by atoms with E-state index in [0.717, 1.165) is 5.56 Å². The molecule has 3 rings (SSSR count). The molecule has 1 atom stereocenters. The Kier molecular flexibility index (Phi) is 6.74. The molecular weight excluding hydrogens is 399 g/mol. The summed E-state index contributed by atoms with van der Waals surface area (Å²) in [6.07, 6.45) is 1.87. The van der Waals surface area contributed by atoms with Gasteiger partial charge in [0.1, 0.15) is 11.8 Å². The summed E-state index contributed by atoms with van der Waals surface area (Å²) in [6, 6.07) is 16.8. The van der Waals surface area contributed by atoms with E-state index in [9.17, 15) is 9.59 Å². The summed E-state index contributed by atoms with van der Waals surface area (Å²) in [5, 5.41) is 6.20. The molecule has 0 spiro atoms. The molecule has 0 aliphatic heterocycles. The molecule has 2 aromatic carbocycles. The van der Waals surface area contributed by atoms with Crippen LogP contribution in [0, 0.1) is 0 Å². The van der Waals surface area contributed by atoms with E-state index in [0.29, 0.717) is 17.2 Å². The fourth-order valence-electron chi connectivity index (χ4n) is 2.68. The first-order valence-corrected chi connectivity index (χ1v) is 9.38. The highest BCUT2D eigenvalue weighted by molar-refractivity contribution is 6.36. The van der Waals surface area contributed by atoms with Gasteiger partial charge in [-0.05, 0) is 35.9 Å². The number of nitrogens with one attached hydrogen (secondary N) is 2. The molecule has 1 heterocycles. The second-order valence-corrected chi connectivity index (χ2v) is 6.98. The SMILES string of the molecule is O=C(NC(Cc1ccccc1)C(=O)NCc1ccco1)c1ccc(Cl)cc1Cl. The molecule has 0 fully saturated rings. The first kappa shape index (κ1) is 20.0. The van der Waals surface area contributed by atoms with E-state index in [4.69, 9.17) is 27.6 Å². The molecule has 0 aliphatic rings. The molecule has 0 saturated carbocycles. The number of furan rings is 1. The van der Waals surface area contributed by atoms with Crippen molar-refractivity contribution < 1.29 is 14.0 Å². The zero-order valence-corrected chi connectivity index (χ0v) is 16.3. The molecule has 7 heteroatoms. The van der Waals surface area contributed by atoms with Gasteiger partial charge in [-0.15, -0.1) is 0 Å². The quantitative estimate of drug-likeness (QED) is 0.604. The average molecular weight is 417 g/mol. The van der Waals surface area contributed by atoms with Gasteiger partial charge in [0.15, 0.2) is 0 Å². The summed E-state index contributed by atoms with van der Waals surface area (Å²) in [4.78, 5) is 25.4. The predicted molar refractivity (Wildman–Crippen MR) is 108 cm³/mol. The number of benzene rings is 2. The summed E-state index contributed by atoms with van der Waals surface area (Å²) >= 11 is 12.0. The molecule has 28 heavy (non-hydrogen) atoms. The predicted octanol–water partition coefficient (Wildman–Crippen LogP) is 4.24. The Labute approximate surface area is 172 Å². The van der Waals surface area contributed by atoms with E-state index in [1.54, 1.807) is 18.2 Å². The summed E-state index contributed by atoms with van der Waals surface area (Å²) in [5.41, 5.74) is 1.17. The van der Waals surface area contributed by atoms with Crippen molar-refractivity contribution in [3.05, 3.63) is 93.9 Å². The van der Waals surface area contributed by atoms with Gasteiger partial charge in [0.25, 0.3) is 5.91 Å². The number of amides is 2. The lowest BCUT2D eigenvalue weighted by atomic mass is 10.0. The first-order valence-electron chi connectivity index (χ1n) is 8.63. The number of carbonyl (C=O) groups is 2. The van der Waals surface area contributed by atoms with Crippen LogP contribution in [-0.2, 0) is 17.8 Å². The molecule has 0 radical (unpaired) electrons. The molecule has 0 saturated heterocycles. The summed E-state index contributed by atoms with van der Waals surface area (Å²) in [7, 11) is 0. The van der Waals surface area contributed by atoms with Crippen molar-refractivity contribution in [1.82, 2.24) is 10.6 Å². The van der Waals surface area contributed by atoms with E-state index >= 15 is 0 Å². The van der Waals surface area contributed by atoms with Crippen LogP contribution in [0.15, 0.2) is 71.3 Å². The van der Waals surface area contributed by atoms with Gasteiger partial charge in [-0.25, -0.2) is 0 Å². The summed E-state index contributed by atoms with van der Waals surface area (Å²) in [5.74, 6) is -0.145. The third-order valence-corrected chi connectivity index (χ3v) is 4.64. The zero-order chi connectivity index (χ0) is 19.9. The molecule has 1 aromatic heterocycles. The maximum absolute atomic E-state index is 12.7. The van der Waals surface area contributed by atoms with Crippen molar-refractivity contribution in [1.29, 1.82) is 0 Å². The van der Waals surface area contributed by atoms with E-state index in [-0.39, 0.29) is 23.0 Å². The van der Waals surface area contributed by atoms with Crippen molar-refractivity contribution in [2.24, 2.45) is 0 Å². The van der Waals surface area contributed by atoms with Crippen LogP contribution in [0.25, 0.3) is 0 Å². The van der Waals surface area contributed by atoms with Crippen molar-refractivity contribution >= 4 is 35.0 Å². The number of halogens is 2. The van der Waals surface area contributed by atoms with Crippen LogP contribution in [0.1, 0.15) is 21.7 Å². The maximum Gasteiger partial charge on any atom is 0.253 e. The Morgan fingerprint density at radius 2 is 1.79 bits per heavy atom. The summed E-state index contributed by atoms with van der Waals surface area (Å²) in [6.45, 7) is 0.231. The number of carbonyl (C=O) groups excluding carboxylic acids is 2. The second kappa shape index (κ2) is 9.44. The largest absolute Gasteiger partial charge is 0.467 e. The van der Waals surface area contributed by atoms with Gasteiger partial charge in [0.05, 0.1) is 23.4 Å². The molecule has 3 aromatic rings. The van der Waals surface area contributed by atoms with Crippen LogP contribution < -0.4 is 10.6 Å². The third-order valence-electron chi connectivity index (χ3n) is 4.10. The van der Waals surface area contributed by atoms with E-state index in [2.05, 4.69) is 10.6 Å². The summed E-state index contributed by atoms with van der Waals surface area (Å²) < 4.78 is 5.23. The third kappa shape index (κ3) is 5.38.